The van der Waals surface area contributed by atoms with Crippen molar-refractivity contribution in [2.75, 3.05) is 18.4 Å². The normalized spacial score (nSPS) is 16.6. The number of halogens is 1. The molecule has 0 radical (unpaired) electrons. The number of hydrogen-bond donors (Lipinski definition) is 1. The number of para-hydroxylation sites is 2. The minimum Gasteiger partial charge on any atom is -0.444 e. The summed E-state index contributed by atoms with van der Waals surface area (Å²) >= 11 is 3.50. The Balaban J connectivity index is 1.53. The molecule has 2 aromatic carbocycles. The van der Waals surface area contributed by atoms with Gasteiger partial charge < -0.3 is 19.5 Å². The molecule has 164 valence electrons. The van der Waals surface area contributed by atoms with Gasteiger partial charge >= 0.3 is 6.09 Å². The number of ether oxygens (including phenoxy) is 1. The topological polar surface area (TPSA) is 59.4 Å². The number of hydrogen-bond acceptors (Lipinski definition) is 4. The van der Waals surface area contributed by atoms with Crippen LogP contribution in [-0.2, 0) is 11.3 Å². The number of fused-ring (bicyclic) bond motifs is 1. The number of nitrogens with one attached hydrogen (secondary N) is 1. The van der Waals surface area contributed by atoms with Gasteiger partial charge in [-0.3, -0.25) is 0 Å². The molecule has 1 aliphatic rings. The van der Waals surface area contributed by atoms with E-state index in [0.29, 0.717) is 6.54 Å². The zero-order valence-corrected chi connectivity index (χ0v) is 19.9. The molecule has 1 aromatic heterocycles. The van der Waals surface area contributed by atoms with E-state index in [4.69, 9.17) is 9.72 Å². The van der Waals surface area contributed by atoms with Gasteiger partial charge in [0.2, 0.25) is 5.95 Å². The molecule has 1 saturated heterocycles. The molecule has 7 heteroatoms. The van der Waals surface area contributed by atoms with Crippen LogP contribution in [0.2, 0.25) is 0 Å². The van der Waals surface area contributed by atoms with E-state index in [1.165, 1.54) is 5.56 Å². The zero-order chi connectivity index (χ0) is 22.0. The first-order valence-corrected chi connectivity index (χ1v) is 11.5. The van der Waals surface area contributed by atoms with Gasteiger partial charge in [0.25, 0.3) is 0 Å². The molecule has 2 heterocycles. The number of nitrogens with zero attached hydrogens (tertiary/aromatic N) is 3. The predicted octanol–water partition coefficient (Wildman–Crippen LogP) is 5.66. The Labute approximate surface area is 191 Å². The maximum atomic E-state index is 12.6. The van der Waals surface area contributed by atoms with E-state index in [2.05, 4.69) is 56.1 Å². The number of anilines is 1. The molecule has 4 rings (SSSR count). The van der Waals surface area contributed by atoms with E-state index in [1.54, 1.807) is 0 Å². The van der Waals surface area contributed by atoms with E-state index >= 15 is 0 Å². The Morgan fingerprint density at radius 3 is 2.68 bits per heavy atom. The van der Waals surface area contributed by atoms with Crippen LogP contribution in [-0.4, -0.2) is 45.3 Å². The minimum atomic E-state index is -0.490. The Morgan fingerprint density at radius 1 is 1.19 bits per heavy atom. The number of carbonyl (C=O) groups is 1. The molecule has 1 N–H and O–H groups in total. The largest absolute Gasteiger partial charge is 0.444 e. The highest BCUT2D eigenvalue weighted by Crippen LogP contribution is 2.24. The van der Waals surface area contributed by atoms with E-state index < -0.39 is 5.60 Å². The molecule has 1 unspecified atom stereocenters. The molecule has 1 atom stereocenters. The van der Waals surface area contributed by atoms with E-state index in [1.807, 2.05) is 43.9 Å². The first-order chi connectivity index (χ1) is 14.8. The van der Waals surface area contributed by atoms with Gasteiger partial charge in [-0.15, -0.1) is 0 Å². The number of imidazole rings is 1. The summed E-state index contributed by atoms with van der Waals surface area (Å²) in [6.07, 6.45) is 1.71. The molecule has 0 spiro atoms. The fraction of sp³-hybridized carbons (Fsp3) is 0.417. The van der Waals surface area contributed by atoms with Crippen molar-refractivity contribution < 1.29 is 9.53 Å². The van der Waals surface area contributed by atoms with Gasteiger partial charge in [-0.2, -0.15) is 0 Å². The van der Waals surface area contributed by atoms with Crippen molar-refractivity contribution in [2.24, 2.45) is 0 Å². The van der Waals surface area contributed by atoms with Crippen LogP contribution in [0.3, 0.4) is 0 Å². The SMILES string of the molecule is CC(C)(C)OC(=O)N1CCCC1CNc1nc2ccccc2n1Cc1ccc(Br)cc1. The second-order valence-electron chi connectivity index (χ2n) is 8.99. The molecular formula is C24H29BrN4O2. The third kappa shape index (κ3) is 5.21. The van der Waals surface area contributed by atoms with Crippen LogP contribution >= 0.6 is 15.9 Å². The molecule has 31 heavy (non-hydrogen) atoms. The van der Waals surface area contributed by atoms with E-state index in [0.717, 1.165) is 47.4 Å². The predicted molar refractivity (Wildman–Crippen MR) is 127 cm³/mol. The first-order valence-electron chi connectivity index (χ1n) is 10.7. The van der Waals surface area contributed by atoms with Crippen LogP contribution in [0, 0.1) is 0 Å². The van der Waals surface area contributed by atoms with Gasteiger partial charge in [0.15, 0.2) is 0 Å². The highest BCUT2D eigenvalue weighted by atomic mass is 79.9. The van der Waals surface area contributed by atoms with Crippen LogP contribution in [0.25, 0.3) is 11.0 Å². The van der Waals surface area contributed by atoms with Crippen molar-refractivity contribution in [2.45, 2.75) is 51.8 Å². The van der Waals surface area contributed by atoms with Gasteiger partial charge in [-0.05, 0) is 63.4 Å². The first kappa shape index (κ1) is 21.7. The van der Waals surface area contributed by atoms with E-state index in [-0.39, 0.29) is 12.1 Å². The summed E-state index contributed by atoms with van der Waals surface area (Å²) in [6.45, 7) is 7.80. The highest BCUT2D eigenvalue weighted by Gasteiger charge is 2.32. The number of benzene rings is 2. The number of carbonyl (C=O) groups excluding carboxylic acids is 1. The van der Waals surface area contributed by atoms with Crippen molar-refractivity contribution in [3.63, 3.8) is 0 Å². The fourth-order valence-electron chi connectivity index (χ4n) is 3.96. The smallest absolute Gasteiger partial charge is 0.410 e. The van der Waals surface area contributed by atoms with Gasteiger partial charge in [0.1, 0.15) is 5.60 Å². The lowest BCUT2D eigenvalue weighted by molar-refractivity contribution is 0.0235. The zero-order valence-electron chi connectivity index (χ0n) is 18.3. The van der Waals surface area contributed by atoms with Crippen molar-refractivity contribution in [3.8, 4) is 0 Å². The minimum absolute atomic E-state index is 0.0933. The molecule has 1 amide bonds. The maximum Gasteiger partial charge on any atom is 0.410 e. The average Bonchev–Trinajstić information content (AvgIpc) is 3.32. The Bertz CT molecular complexity index is 1060. The number of rotatable bonds is 5. The van der Waals surface area contributed by atoms with Gasteiger partial charge in [0.05, 0.1) is 23.6 Å². The van der Waals surface area contributed by atoms with E-state index in [9.17, 15) is 4.79 Å². The molecule has 1 fully saturated rings. The Morgan fingerprint density at radius 2 is 1.94 bits per heavy atom. The molecule has 1 aliphatic heterocycles. The fourth-order valence-corrected chi connectivity index (χ4v) is 4.23. The highest BCUT2D eigenvalue weighted by molar-refractivity contribution is 9.10. The lowest BCUT2D eigenvalue weighted by atomic mass is 10.2. The number of aromatic nitrogens is 2. The number of likely N-dealkylation sites (tertiary alicyclic amines) is 1. The van der Waals surface area contributed by atoms with Crippen molar-refractivity contribution >= 4 is 39.0 Å². The lowest BCUT2D eigenvalue weighted by Crippen LogP contribution is -2.42. The Hall–Kier alpha value is -2.54. The summed E-state index contributed by atoms with van der Waals surface area (Å²) in [6, 6.07) is 16.6. The van der Waals surface area contributed by atoms with Crippen molar-refractivity contribution in [3.05, 3.63) is 58.6 Å². The summed E-state index contributed by atoms with van der Waals surface area (Å²) in [4.78, 5) is 19.3. The summed E-state index contributed by atoms with van der Waals surface area (Å²) in [5, 5.41) is 3.52. The van der Waals surface area contributed by atoms with Crippen LogP contribution in [0.1, 0.15) is 39.2 Å². The molecule has 0 bridgehead atoms. The quantitative estimate of drug-likeness (QED) is 0.507. The van der Waals surface area contributed by atoms with Gasteiger partial charge in [0, 0.05) is 17.6 Å². The molecular weight excluding hydrogens is 456 g/mol. The third-order valence-corrected chi connectivity index (χ3v) is 5.94. The molecule has 3 aromatic rings. The average molecular weight is 485 g/mol. The number of amides is 1. The summed E-state index contributed by atoms with van der Waals surface area (Å²) < 4.78 is 8.86. The third-order valence-electron chi connectivity index (χ3n) is 5.41. The monoisotopic (exact) mass is 484 g/mol. The molecule has 6 nitrogen and oxygen atoms in total. The summed E-state index contributed by atoms with van der Waals surface area (Å²) in [5.41, 5.74) is 2.75. The van der Waals surface area contributed by atoms with Crippen LogP contribution in [0.5, 0.6) is 0 Å². The lowest BCUT2D eigenvalue weighted by Gasteiger charge is -2.28. The van der Waals surface area contributed by atoms with Crippen molar-refractivity contribution in [1.82, 2.24) is 14.5 Å². The van der Waals surface area contributed by atoms with Crippen LogP contribution in [0.4, 0.5) is 10.7 Å². The van der Waals surface area contributed by atoms with Crippen molar-refractivity contribution in [1.29, 1.82) is 0 Å². The Kier molecular flexibility index (Phi) is 6.23. The second kappa shape index (κ2) is 8.91. The molecule has 0 aliphatic carbocycles. The maximum absolute atomic E-state index is 12.6. The molecule has 0 saturated carbocycles. The van der Waals surface area contributed by atoms with Crippen LogP contribution in [0.15, 0.2) is 53.0 Å². The summed E-state index contributed by atoms with van der Waals surface area (Å²) in [5.74, 6) is 0.820. The van der Waals surface area contributed by atoms with Gasteiger partial charge in [-0.25, -0.2) is 9.78 Å². The van der Waals surface area contributed by atoms with Gasteiger partial charge in [-0.1, -0.05) is 40.2 Å². The standard InChI is InChI=1S/C24H29BrN4O2/c1-24(2,3)31-23(30)28-14-6-7-19(28)15-26-22-27-20-8-4-5-9-21(20)29(22)16-17-10-12-18(25)13-11-17/h4-5,8-13,19H,6-7,14-16H2,1-3H3,(H,26,27). The summed E-state index contributed by atoms with van der Waals surface area (Å²) in [7, 11) is 0. The second-order valence-corrected chi connectivity index (χ2v) is 9.90. The van der Waals surface area contributed by atoms with Crippen LogP contribution < -0.4 is 5.32 Å².